The molecule has 1 aliphatic heterocycles. The number of para-hydroxylation sites is 1. The highest BCUT2D eigenvalue weighted by molar-refractivity contribution is 5.97. The fourth-order valence-electron chi connectivity index (χ4n) is 4.14. The van der Waals surface area contributed by atoms with Gasteiger partial charge in [-0.2, -0.15) is 0 Å². The van der Waals surface area contributed by atoms with Gasteiger partial charge in [-0.3, -0.25) is 4.79 Å². The number of carbonyl (C=O) groups excluding carboxylic acids is 1. The number of H-pyrrole nitrogens is 1. The van der Waals surface area contributed by atoms with Gasteiger partial charge in [-0.25, -0.2) is 19.9 Å². The molecule has 1 amide bonds. The number of nitrogens with one attached hydrogen (secondary N) is 2. The van der Waals surface area contributed by atoms with Gasteiger partial charge in [0.1, 0.15) is 23.3 Å². The number of methoxy groups -OCH3 is 1. The maximum absolute atomic E-state index is 12.6. The number of hydrogen-bond donors (Lipinski definition) is 2. The van der Waals surface area contributed by atoms with Crippen LogP contribution in [-0.4, -0.2) is 63.7 Å². The molecular weight excluding hydrogens is 434 g/mol. The van der Waals surface area contributed by atoms with Crippen molar-refractivity contribution in [1.29, 1.82) is 0 Å². The molecule has 0 spiro atoms. The number of anilines is 1. The van der Waals surface area contributed by atoms with Crippen LogP contribution in [0.4, 0.5) is 5.82 Å². The number of ether oxygens (including phenoxy) is 2. The van der Waals surface area contributed by atoms with E-state index in [1.807, 2.05) is 30.3 Å². The highest BCUT2D eigenvalue weighted by atomic mass is 16.5. The number of carbonyl (C=O) groups is 1. The van der Waals surface area contributed by atoms with Crippen LogP contribution in [-0.2, 0) is 4.74 Å². The van der Waals surface area contributed by atoms with Crippen molar-refractivity contribution in [2.75, 3.05) is 31.7 Å². The molecule has 5 rings (SSSR count). The molecule has 1 atom stereocenters. The molecule has 1 fully saturated rings. The third-order valence-electron chi connectivity index (χ3n) is 5.77. The normalized spacial score (nSPS) is 16.0. The first-order valence-corrected chi connectivity index (χ1v) is 11.2. The Morgan fingerprint density at radius 2 is 2.21 bits per heavy atom. The van der Waals surface area contributed by atoms with Crippen molar-refractivity contribution in [2.24, 2.45) is 0 Å². The van der Waals surface area contributed by atoms with Crippen LogP contribution in [0.5, 0.6) is 5.75 Å². The maximum atomic E-state index is 12.6. The van der Waals surface area contributed by atoms with E-state index in [4.69, 9.17) is 9.47 Å². The summed E-state index contributed by atoms with van der Waals surface area (Å²) in [5.74, 6) is 1.13. The highest BCUT2D eigenvalue weighted by Crippen LogP contribution is 2.29. The van der Waals surface area contributed by atoms with Crippen molar-refractivity contribution >= 4 is 33.8 Å². The molecule has 0 aliphatic carbocycles. The molecule has 0 radical (unpaired) electrons. The van der Waals surface area contributed by atoms with Crippen LogP contribution in [0, 0.1) is 0 Å². The third kappa shape index (κ3) is 4.40. The summed E-state index contributed by atoms with van der Waals surface area (Å²) in [4.78, 5) is 35.3. The van der Waals surface area contributed by atoms with Crippen molar-refractivity contribution in [1.82, 2.24) is 30.2 Å². The molecule has 1 aliphatic rings. The molecule has 0 bridgehead atoms. The molecule has 10 heteroatoms. The summed E-state index contributed by atoms with van der Waals surface area (Å²) in [5.41, 5.74) is 2.46. The van der Waals surface area contributed by atoms with Gasteiger partial charge in [0.05, 0.1) is 30.8 Å². The van der Waals surface area contributed by atoms with Crippen molar-refractivity contribution in [2.45, 2.75) is 18.9 Å². The molecule has 1 unspecified atom stereocenters. The Labute approximate surface area is 196 Å². The Bertz CT molecular complexity index is 1340. The average Bonchev–Trinajstić information content (AvgIpc) is 3.53. The van der Waals surface area contributed by atoms with Gasteiger partial charge in [0.25, 0.3) is 5.91 Å². The number of aromatic amines is 1. The Morgan fingerprint density at radius 3 is 3.12 bits per heavy atom. The molecule has 1 saturated heterocycles. The Hall–Kier alpha value is -4.05. The summed E-state index contributed by atoms with van der Waals surface area (Å²) < 4.78 is 11.0. The Balaban J connectivity index is 1.37. The Morgan fingerprint density at radius 1 is 1.29 bits per heavy atom. The number of aromatic nitrogens is 5. The summed E-state index contributed by atoms with van der Waals surface area (Å²) in [6.45, 7) is 1.72. The number of fused-ring (bicyclic) bond motifs is 2. The molecule has 1 aromatic carbocycles. The first-order valence-electron chi connectivity index (χ1n) is 11.2. The topological polar surface area (TPSA) is 118 Å². The number of imidazole rings is 1. The zero-order valence-corrected chi connectivity index (χ0v) is 18.8. The van der Waals surface area contributed by atoms with E-state index in [-0.39, 0.29) is 11.9 Å². The van der Waals surface area contributed by atoms with Gasteiger partial charge in [-0.15, -0.1) is 0 Å². The minimum atomic E-state index is -0.272. The van der Waals surface area contributed by atoms with Gasteiger partial charge in [-0.05, 0) is 31.1 Å². The van der Waals surface area contributed by atoms with Crippen LogP contribution < -0.4 is 15.0 Å². The monoisotopic (exact) mass is 459 g/mol. The number of amides is 1. The minimum Gasteiger partial charge on any atom is -0.464 e. The van der Waals surface area contributed by atoms with Crippen molar-refractivity contribution in [3.8, 4) is 5.75 Å². The van der Waals surface area contributed by atoms with Gasteiger partial charge in [0.15, 0.2) is 11.5 Å². The lowest BCUT2D eigenvalue weighted by Crippen LogP contribution is -2.28. The molecule has 34 heavy (non-hydrogen) atoms. The smallest absolute Gasteiger partial charge is 0.270 e. The van der Waals surface area contributed by atoms with Crippen LogP contribution in [0.3, 0.4) is 0 Å². The van der Waals surface area contributed by atoms with E-state index in [9.17, 15) is 4.79 Å². The standard InChI is InChI=1S/C24H25N7O3/c1-33-12-9-25-24(32)19-13-20(17-6-2-3-7-18(17)30-19)34-11-8-16-5-4-10-31(16)23-21-22(27-14-26-21)28-15-29-23/h2-3,6-8,11,13-16H,4-5,9-10,12H2,1H3,(H,25,32)(H,26,27,28,29)/b11-8+. The second-order valence-electron chi connectivity index (χ2n) is 7.92. The molecular formula is C24H25N7O3. The van der Waals surface area contributed by atoms with Gasteiger partial charge in [-0.1, -0.05) is 12.1 Å². The summed E-state index contributed by atoms with van der Waals surface area (Å²) in [6.07, 6.45) is 8.89. The zero-order chi connectivity index (χ0) is 23.3. The number of hydrogen-bond acceptors (Lipinski definition) is 8. The number of nitrogens with zero attached hydrogens (tertiary/aromatic N) is 5. The van der Waals surface area contributed by atoms with Crippen LogP contribution in [0.2, 0.25) is 0 Å². The summed E-state index contributed by atoms with van der Waals surface area (Å²) in [7, 11) is 1.59. The second-order valence-corrected chi connectivity index (χ2v) is 7.92. The molecule has 4 heterocycles. The SMILES string of the molecule is COCCNC(=O)c1cc(O/C=C/C2CCCN2c2ncnc3nc[nH]c23)c2ccccc2n1. The van der Waals surface area contributed by atoms with E-state index in [1.165, 1.54) is 6.33 Å². The van der Waals surface area contributed by atoms with E-state index in [1.54, 1.807) is 25.8 Å². The molecule has 10 nitrogen and oxygen atoms in total. The lowest BCUT2D eigenvalue weighted by atomic mass is 10.1. The highest BCUT2D eigenvalue weighted by Gasteiger charge is 2.26. The van der Waals surface area contributed by atoms with Crippen molar-refractivity contribution in [3.63, 3.8) is 0 Å². The van der Waals surface area contributed by atoms with Crippen molar-refractivity contribution < 1.29 is 14.3 Å². The van der Waals surface area contributed by atoms with Gasteiger partial charge < -0.3 is 24.7 Å². The minimum absolute atomic E-state index is 0.117. The van der Waals surface area contributed by atoms with E-state index in [2.05, 4.69) is 35.1 Å². The van der Waals surface area contributed by atoms with Crippen LogP contribution in [0.1, 0.15) is 23.3 Å². The van der Waals surface area contributed by atoms with E-state index in [0.717, 1.165) is 36.1 Å². The van der Waals surface area contributed by atoms with E-state index < -0.39 is 0 Å². The number of rotatable bonds is 8. The fourth-order valence-corrected chi connectivity index (χ4v) is 4.14. The number of pyridine rings is 1. The van der Waals surface area contributed by atoms with Gasteiger partial charge in [0, 0.05) is 31.7 Å². The second kappa shape index (κ2) is 9.84. The largest absolute Gasteiger partial charge is 0.464 e. The first-order chi connectivity index (χ1) is 16.7. The first kappa shape index (κ1) is 21.8. The molecule has 4 aromatic rings. The predicted octanol–water partition coefficient (Wildman–Crippen LogP) is 2.84. The lowest BCUT2D eigenvalue weighted by molar-refractivity contribution is 0.0932. The predicted molar refractivity (Wildman–Crippen MR) is 128 cm³/mol. The summed E-state index contributed by atoms with van der Waals surface area (Å²) in [5, 5.41) is 3.63. The molecule has 2 N–H and O–H groups in total. The van der Waals surface area contributed by atoms with Crippen LogP contribution in [0.15, 0.2) is 55.3 Å². The number of benzene rings is 1. The van der Waals surface area contributed by atoms with Gasteiger partial charge in [0.2, 0.25) is 0 Å². The van der Waals surface area contributed by atoms with Crippen LogP contribution in [0.25, 0.3) is 22.1 Å². The molecule has 3 aromatic heterocycles. The van der Waals surface area contributed by atoms with E-state index in [0.29, 0.717) is 35.8 Å². The molecule has 0 saturated carbocycles. The van der Waals surface area contributed by atoms with E-state index >= 15 is 0 Å². The maximum Gasteiger partial charge on any atom is 0.270 e. The quantitative estimate of drug-likeness (QED) is 0.305. The van der Waals surface area contributed by atoms with Crippen LogP contribution >= 0.6 is 0 Å². The molecule has 174 valence electrons. The summed E-state index contributed by atoms with van der Waals surface area (Å²) >= 11 is 0. The third-order valence-corrected chi connectivity index (χ3v) is 5.77. The fraction of sp³-hybridized carbons (Fsp3) is 0.292. The lowest BCUT2D eigenvalue weighted by Gasteiger charge is -2.23. The Kier molecular flexibility index (Phi) is 6.30. The van der Waals surface area contributed by atoms with Gasteiger partial charge >= 0.3 is 0 Å². The summed E-state index contributed by atoms with van der Waals surface area (Å²) in [6, 6.07) is 9.38. The zero-order valence-electron chi connectivity index (χ0n) is 18.8. The average molecular weight is 460 g/mol. The van der Waals surface area contributed by atoms with Crippen molar-refractivity contribution in [3.05, 3.63) is 61.0 Å².